The lowest BCUT2D eigenvalue weighted by Gasteiger charge is -2.12. The minimum Gasteiger partial charge on any atom is -0.481 e. The lowest BCUT2D eigenvalue weighted by molar-refractivity contribution is -0.142. The van der Waals surface area contributed by atoms with E-state index in [1.165, 1.54) is 12.8 Å². The van der Waals surface area contributed by atoms with Gasteiger partial charge in [-0.3, -0.25) is 9.59 Å². The Morgan fingerprint density at radius 2 is 1.00 bits per heavy atom. The van der Waals surface area contributed by atoms with Crippen LogP contribution in [0, 0.1) is 17.8 Å². The van der Waals surface area contributed by atoms with Crippen molar-refractivity contribution in [3.05, 3.63) is 0 Å². The number of carboxylic acid groups (broad SMARTS) is 2. The fourth-order valence-corrected chi connectivity index (χ4v) is 3.18. The van der Waals surface area contributed by atoms with Gasteiger partial charge in [0.05, 0.1) is 11.8 Å². The first kappa shape index (κ1) is 23.9. The fraction of sp³-hybridized carbons (Fsp3) is 0.905. The molecule has 0 aromatic carbocycles. The maximum atomic E-state index is 11.3. The summed E-state index contributed by atoms with van der Waals surface area (Å²) >= 11 is 0. The number of carboxylic acids is 2. The maximum Gasteiger partial charge on any atom is 0.306 e. The number of hydrogen-bond acceptors (Lipinski definition) is 2. The van der Waals surface area contributed by atoms with E-state index < -0.39 is 11.9 Å². The van der Waals surface area contributed by atoms with Crippen molar-refractivity contribution in [2.75, 3.05) is 0 Å². The molecule has 0 fully saturated rings. The van der Waals surface area contributed by atoms with E-state index in [4.69, 9.17) is 5.11 Å². The highest BCUT2D eigenvalue weighted by Crippen LogP contribution is 2.20. The highest BCUT2D eigenvalue weighted by atomic mass is 16.4. The predicted molar refractivity (Wildman–Crippen MR) is 103 cm³/mol. The van der Waals surface area contributed by atoms with Crippen LogP contribution in [0.1, 0.15) is 104 Å². The van der Waals surface area contributed by atoms with Gasteiger partial charge in [0, 0.05) is 0 Å². The van der Waals surface area contributed by atoms with E-state index >= 15 is 0 Å². The van der Waals surface area contributed by atoms with Crippen LogP contribution in [0.2, 0.25) is 0 Å². The molecule has 0 spiro atoms. The Balaban J connectivity index is 3.60. The second kappa shape index (κ2) is 15.2. The van der Waals surface area contributed by atoms with Crippen molar-refractivity contribution in [2.45, 2.75) is 104 Å². The lowest BCUT2D eigenvalue weighted by atomic mass is 9.93. The number of rotatable bonds is 17. The summed E-state index contributed by atoms with van der Waals surface area (Å²) in [7, 11) is 0. The minimum atomic E-state index is -0.705. The molecule has 2 unspecified atom stereocenters. The number of unbranched alkanes of at least 4 members (excludes halogenated alkanes) is 7. The summed E-state index contributed by atoms with van der Waals surface area (Å²) in [6, 6.07) is 0. The van der Waals surface area contributed by atoms with Crippen LogP contribution in [0.3, 0.4) is 0 Å². The third kappa shape index (κ3) is 14.9. The predicted octanol–water partition coefficient (Wildman–Crippen LogP) is 6.14. The maximum absolute atomic E-state index is 11.3. The zero-order valence-electron chi connectivity index (χ0n) is 16.6. The van der Waals surface area contributed by atoms with Crippen molar-refractivity contribution >= 4 is 11.9 Å². The Morgan fingerprint density at radius 3 is 1.44 bits per heavy atom. The van der Waals surface area contributed by atoms with E-state index in [0.29, 0.717) is 0 Å². The van der Waals surface area contributed by atoms with Crippen molar-refractivity contribution in [2.24, 2.45) is 17.8 Å². The Labute approximate surface area is 154 Å². The van der Waals surface area contributed by atoms with Gasteiger partial charge in [-0.15, -0.1) is 0 Å². The molecule has 0 aromatic rings. The van der Waals surface area contributed by atoms with Crippen molar-refractivity contribution in [3.63, 3.8) is 0 Å². The van der Waals surface area contributed by atoms with Crippen molar-refractivity contribution < 1.29 is 19.8 Å². The van der Waals surface area contributed by atoms with E-state index in [2.05, 4.69) is 13.8 Å². The van der Waals surface area contributed by atoms with Gasteiger partial charge in [0.2, 0.25) is 0 Å². The lowest BCUT2D eigenvalue weighted by Crippen LogP contribution is -2.13. The Hall–Kier alpha value is -1.06. The van der Waals surface area contributed by atoms with E-state index in [9.17, 15) is 14.7 Å². The molecule has 0 saturated carbocycles. The highest BCUT2D eigenvalue weighted by molar-refractivity contribution is 5.70. The summed E-state index contributed by atoms with van der Waals surface area (Å²) in [5, 5.41) is 18.2. The van der Waals surface area contributed by atoms with Crippen LogP contribution >= 0.6 is 0 Å². The summed E-state index contributed by atoms with van der Waals surface area (Å²) in [6.07, 6.45) is 13.4. The van der Waals surface area contributed by atoms with Crippen LogP contribution in [-0.4, -0.2) is 22.2 Å². The molecule has 25 heavy (non-hydrogen) atoms. The third-order valence-corrected chi connectivity index (χ3v) is 5.04. The van der Waals surface area contributed by atoms with Gasteiger partial charge in [-0.05, 0) is 25.2 Å². The first-order chi connectivity index (χ1) is 11.8. The molecule has 0 radical (unpaired) electrons. The molecule has 2 atom stereocenters. The fourth-order valence-electron chi connectivity index (χ4n) is 3.18. The summed E-state index contributed by atoms with van der Waals surface area (Å²) in [5.41, 5.74) is 0. The first-order valence-corrected chi connectivity index (χ1v) is 10.3. The molecule has 0 aromatic heterocycles. The summed E-state index contributed by atoms with van der Waals surface area (Å²) in [5.74, 6) is -1.01. The Bertz CT molecular complexity index is 352. The molecule has 0 heterocycles. The van der Waals surface area contributed by atoms with Crippen LogP contribution in [-0.2, 0) is 9.59 Å². The van der Waals surface area contributed by atoms with Crippen LogP contribution in [0.4, 0.5) is 0 Å². The van der Waals surface area contributed by atoms with Crippen LogP contribution in [0.5, 0.6) is 0 Å². The summed E-state index contributed by atoms with van der Waals surface area (Å²) < 4.78 is 0. The average Bonchev–Trinajstić information content (AvgIpc) is 2.53. The largest absolute Gasteiger partial charge is 0.481 e. The van der Waals surface area contributed by atoms with Crippen molar-refractivity contribution in [3.8, 4) is 0 Å². The zero-order valence-corrected chi connectivity index (χ0v) is 16.6. The molecule has 0 amide bonds. The van der Waals surface area contributed by atoms with Gasteiger partial charge in [-0.2, -0.15) is 0 Å². The van der Waals surface area contributed by atoms with Gasteiger partial charge in [-0.25, -0.2) is 0 Å². The third-order valence-electron chi connectivity index (χ3n) is 5.04. The molecule has 4 nitrogen and oxygen atoms in total. The van der Waals surface area contributed by atoms with Crippen molar-refractivity contribution in [1.82, 2.24) is 0 Å². The molecule has 2 N–H and O–H groups in total. The molecule has 0 saturated heterocycles. The van der Waals surface area contributed by atoms with E-state index in [0.717, 1.165) is 76.5 Å². The van der Waals surface area contributed by atoms with Crippen molar-refractivity contribution in [1.29, 1.82) is 0 Å². The standard InChI is InChI=1S/C21H40O4/c1-17(2)13-9-8-12-16-19(21(24)25)15-11-7-5-4-6-10-14-18(3)20(22)23/h17-19H,4-16H2,1-3H3,(H,22,23)(H,24,25). The minimum absolute atomic E-state index is 0.171. The molecule has 0 aliphatic heterocycles. The summed E-state index contributed by atoms with van der Waals surface area (Å²) in [4.78, 5) is 22.1. The summed E-state index contributed by atoms with van der Waals surface area (Å²) in [6.45, 7) is 6.22. The molecule has 148 valence electrons. The molecule has 0 aliphatic carbocycles. The molecular formula is C21H40O4. The van der Waals surface area contributed by atoms with Crippen LogP contribution in [0.15, 0.2) is 0 Å². The number of hydrogen-bond donors (Lipinski definition) is 2. The highest BCUT2D eigenvalue weighted by Gasteiger charge is 2.16. The van der Waals surface area contributed by atoms with Gasteiger partial charge in [-0.1, -0.05) is 85.0 Å². The monoisotopic (exact) mass is 356 g/mol. The Kier molecular flexibility index (Phi) is 14.6. The normalized spacial score (nSPS) is 13.8. The molecule has 0 rings (SSSR count). The Morgan fingerprint density at radius 1 is 0.600 bits per heavy atom. The topological polar surface area (TPSA) is 74.6 Å². The number of aliphatic carboxylic acids is 2. The average molecular weight is 357 g/mol. The van der Waals surface area contributed by atoms with Gasteiger partial charge < -0.3 is 10.2 Å². The van der Waals surface area contributed by atoms with E-state index in [1.54, 1.807) is 6.92 Å². The van der Waals surface area contributed by atoms with Gasteiger partial charge in [0.1, 0.15) is 0 Å². The SMILES string of the molecule is CC(C)CCCCCC(CCCCCCCCC(C)C(=O)O)C(=O)O. The van der Waals surface area contributed by atoms with E-state index in [-0.39, 0.29) is 11.8 Å². The molecule has 0 bridgehead atoms. The number of carbonyl (C=O) groups is 2. The zero-order chi connectivity index (χ0) is 19.1. The second-order valence-corrected chi connectivity index (χ2v) is 8.00. The second-order valence-electron chi connectivity index (χ2n) is 8.00. The van der Waals surface area contributed by atoms with Gasteiger partial charge in [0.25, 0.3) is 0 Å². The molecule has 0 aliphatic rings. The van der Waals surface area contributed by atoms with E-state index in [1.807, 2.05) is 0 Å². The van der Waals surface area contributed by atoms with Gasteiger partial charge >= 0.3 is 11.9 Å². The first-order valence-electron chi connectivity index (χ1n) is 10.3. The smallest absolute Gasteiger partial charge is 0.306 e. The van der Waals surface area contributed by atoms with Gasteiger partial charge in [0.15, 0.2) is 0 Å². The molecule has 4 heteroatoms. The van der Waals surface area contributed by atoms with Crippen LogP contribution in [0.25, 0.3) is 0 Å². The molecular weight excluding hydrogens is 316 g/mol. The van der Waals surface area contributed by atoms with Crippen LogP contribution < -0.4 is 0 Å². The quantitative estimate of drug-likeness (QED) is 0.307.